The second-order valence-corrected chi connectivity index (χ2v) is 5.00. The van der Waals surface area contributed by atoms with E-state index in [0.717, 1.165) is 35.1 Å². The van der Waals surface area contributed by atoms with Crippen molar-refractivity contribution in [1.82, 2.24) is 10.2 Å². The molecule has 4 heteroatoms. The number of benzene rings is 1. The molecule has 0 radical (unpaired) electrons. The molecule has 1 aromatic carbocycles. The molecule has 0 amide bonds. The fourth-order valence-corrected chi connectivity index (χ4v) is 2.35. The molecule has 0 saturated carbocycles. The Morgan fingerprint density at radius 1 is 1.11 bits per heavy atom. The first kappa shape index (κ1) is 13.7. The van der Waals surface area contributed by atoms with Gasteiger partial charge in [-0.05, 0) is 19.8 Å². The molecule has 1 aromatic heterocycles. The molecule has 0 unspecified atom stereocenters. The van der Waals surface area contributed by atoms with Crippen molar-refractivity contribution in [2.75, 3.05) is 11.9 Å². The Hall–Kier alpha value is -1.68. The Balaban J connectivity index is 2.49. The minimum absolute atomic E-state index is 0.104. The lowest BCUT2D eigenvalue weighted by Gasteiger charge is -2.32. The average Bonchev–Trinajstić information content (AvgIpc) is 2.48. The first-order valence-corrected chi connectivity index (χ1v) is 6.86. The molecule has 0 saturated heterocycles. The summed E-state index contributed by atoms with van der Waals surface area (Å²) < 4.78 is 0. The summed E-state index contributed by atoms with van der Waals surface area (Å²) in [6.45, 7) is 6.86. The van der Waals surface area contributed by atoms with E-state index in [2.05, 4.69) is 41.5 Å². The molecule has 0 aliphatic rings. The number of rotatable bonds is 5. The highest BCUT2D eigenvalue weighted by molar-refractivity contribution is 5.93. The van der Waals surface area contributed by atoms with Gasteiger partial charge in [0, 0.05) is 17.3 Å². The monoisotopic (exact) mass is 258 g/mol. The highest BCUT2D eigenvalue weighted by atomic mass is 15.2. The van der Waals surface area contributed by atoms with Crippen molar-refractivity contribution in [1.29, 1.82) is 0 Å². The van der Waals surface area contributed by atoms with Crippen molar-refractivity contribution in [2.24, 2.45) is 5.73 Å². The minimum Gasteiger partial charge on any atom is -0.361 e. The van der Waals surface area contributed by atoms with E-state index in [0.29, 0.717) is 6.54 Å². The van der Waals surface area contributed by atoms with Crippen LogP contribution in [0, 0.1) is 6.92 Å². The van der Waals surface area contributed by atoms with Crippen molar-refractivity contribution >= 4 is 16.6 Å². The average molecular weight is 258 g/mol. The maximum Gasteiger partial charge on any atom is 0.157 e. The van der Waals surface area contributed by atoms with E-state index < -0.39 is 0 Å². The second-order valence-electron chi connectivity index (χ2n) is 5.00. The molecule has 2 rings (SSSR count). The Morgan fingerprint density at radius 2 is 1.74 bits per heavy atom. The number of aromatic nitrogens is 2. The fourth-order valence-electron chi connectivity index (χ4n) is 2.35. The van der Waals surface area contributed by atoms with Crippen LogP contribution in [0.2, 0.25) is 0 Å². The van der Waals surface area contributed by atoms with Crippen LogP contribution in [-0.4, -0.2) is 22.3 Å². The Labute approximate surface area is 114 Å². The Bertz CT molecular complexity index is 553. The molecular weight excluding hydrogens is 236 g/mol. The van der Waals surface area contributed by atoms with Gasteiger partial charge in [0.1, 0.15) is 0 Å². The molecule has 2 aromatic rings. The summed E-state index contributed by atoms with van der Waals surface area (Å²) in [7, 11) is 0. The topological polar surface area (TPSA) is 63.8 Å². The zero-order valence-corrected chi connectivity index (χ0v) is 11.9. The maximum absolute atomic E-state index is 5.94. The number of nitrogens with one attached hydrogen (secondary N) is 1. The van der Waals surface area contributed by atoms with Gasteiger partial charge < -0.3 is 11.1 Å². The van der Waals surface area contributed by atoms with Gasteiger partial charge in [-0.3, -0.25) is 0 Å². The summed E-state index contributed by atoms with van der Waals surface area (Å²) in [5.41, 5.74) is 6.79. The van der Waals surface area contributed by atoms with Gasteiger partial charge >= 0.3 is 0 Å². The van der Waals surface area contributed by atoms with Crippen LogP contribution >= 0.6 is 0 Å². The van der Waals surface area contributed by atoms with Gasteiger partial charge in [-0.2, -0.15) is 5.10 Å². The highest BCUT2D eigenvalue weighted by Gasteiger charge is 2.25. The van der Waals surface area contributed by atoms with Crippen LogP contribution in [-0.2, 0) is 0 Å². The van der Waals surface area contributed by atoms with Gasteiger partial charge in [-0.25, -0.2) is 0 Å². The van der Waals surface area contributed by atoms with Crippen LogP contribution in [0.15, 0.2) is 24.3 Å². The van der Waals surface area contributed by atoms with E-state index in [1.54, 1.807) is 0 Å². The summed E-state index contributed by atoms with van der Waals surface area (Å²) in [5, 5.41) is 14.3. The Morgan fingerprint density at radius 3 is 2.32 bits per heavy atom. The molecule has 0 atom stereocenters. The van der Waals surface area contributed by atoms with Crippen LogP contribution in [0.1, 0.15) is 32.4 Å². The molecule has 0 aliphatic heterocycles. The summed E-state index contributed by atoms with van der Waals surface area (Å²) in [4.78, 5) is 0. The third-order valence-electron chi connectivity index (χ3n) is 4.00. The van der Waals surface area contributed by atoms with Crippen LogP contribution in [0.5, 0.6) is 0 Å². The standard InChI is InChI=1S/C15H22N4/c1-4-15(5-2,10-16)17-14-13-9-7-6-8-12(13)11(3)18-19-14/h6-9H,4-5,10,16H2,1-3H3,(H,17,19). The SMILES string of the molecule is CCC(CC)(CN)Nc1nnc(C)c2ccccc12. The van der Waals surface area contributed by atoms with E-state index in [9.17, 15) is 0 Å². The summed E-state index contributed by atoms with van der Waals surface area (Å²) in [5.74, 6) is 0.829. The number of nitrogens with two attached hydrogens (primary N) is 1. The molecule has 1 heterocycles. The first-order valence-electron chi connectivity index (χ1n) is 6.86. The predicted octanol–water partition coefficient (Wildman–Crippen LogP) is 2.87. The molecule has 19 heavy (non-hydrogen) atoms. The minimum atomic E-state index is -0.104. The number of aryl methyl sites for hydroxylation is 1. The lowest BCUT2D eigenvalue weighted by Crippen LogP contribution is -2.44. The normalized spacial score (nSPS) is 11.8. The molecule has 0 bridgehead atoms. The van der Waals surface area contributed by atoms with E-state index in [1.807, 2.05) is 19.1 Å². The van der Waals surface area contributed by atoms with Gasteiger partial charge in [-0.1, -0.05) is 38.1 Å². The van der Waals surface area contributed by atoms with Gasteiger partial charge in [0.05, 0.1) is 11.2 Å². The highest BCUT2D eigenvalue weighted by Crippen LogP contribution is 2.27. The lowest BCUT2D eigenvalue weighted by atomic mass is 9.92. The molecule has 102 valence electrons. The molecule has 0 aliphatic carbocycles. The number of anilines is 1. The van der Waals surface area contributed by atoms with Gasteiger partial charge in [0.25, 0.3) is 0 Å². The van der Waals surface area contributed by atoms with Crippen LogP contribution in [0.4, 0.5) is 5.82 Å². The fraction of sp³-hybridized carbons (Fsp3) is 0.467. The van der Waals surface area contributed by atoms with E-state index in [1.165, 1.54) is 0 Å². The van der Waals surface area contributed by atoms with Crippen molar-refractivity contribution in [3.8, 4) is 0 Å². The first-order chi connectivity index (χ1) is 9.15. The summed E-state index contributed by atoms with van der Waals surface area (Å²) >= 11 is 0. The zero-order chi connectivity index (χ0) is 13.9. The van der Waals surface area contributed by atoms with Gasteiger partial charge in [0.15, 0.2) is 5.82 Å². The van der Waals surface area contributed by atoms with E-state index >= 15 is 0 Å². The third-order valence-corrected chi connectivity index (χ3v) is 4.00. The lowest BCUT2D eigenvalue weighted by molar-refractivity contribution is 0.443. The van der Waals surface area contributed by atoms with E-state index in [-0.39, 0.29) is 5.54 Å². The Kier molecular flexibility index (Phi) is 4.00. The molecule has 0 spiro atoms. The van der Waals surface area contributed by atoms with Crippen molar-refractivity contribution in [3.05, 3.63) is 30.0 Å². The summed E-state index contributed by atoms with van der Waals surface area (Å²) in [6, 6.07) is 8.20. The molecular formula is C15H22N4. The second kappa shape index (κ2) is 5.53. The number of nitrogens with zero attached hydrogens (tertiary/aromatic N) is 2. The van der Waals surface area contributed by atoms with Crippen LogP contribution < -0.4 is 11.1 Å². The molecule has 0 fully saturated rings. The quantitative estimate of drug-likeness (QED) is 0.865. The zero-order valence-electron chi connectivity index (χ0n) is 11.9. The largest absolute Gasteiger partial charge is 0.361 e. The number of hydrogen-bond acceptors (Lipinski definition) is 4. The van der Waals surface area contributed by atoms with Gasteiger partial charge in [0.2, 0.25) is 0 Å². The van der Waals surface area contributed by atoms with Crippen molar-refractivity contribution in [2.45, 2.75) is 39.2 Å². The van der Waals surface area contributed by atoms with Crippen molar-refractivity contribution < 1.29 is 0 Å². The summed E-state index contributed by atoms with van der Waals surface area (Å²) in [6.07, 6.45) is 1.92. The molecule has 3 N–H and O–H groups in total. The van der Waals surface area contributed by atoms with Gasteiger partial charge in [-0.15, -0.1) is 5.10 Å². The van der Waals surface area contributed by atoms with Crippen LogP contribution in [0.3, 0.4) is 0 Å². The van der Waals surface area contributed by atoms with Crippen LogP contribution in [0.25, 0.3) is 10.8 Å². The predicted molar refractivity (Wildman–Crippen MR) is 80.3 cm³/mol. The smallest absolute Gasteiger partial charge is 0.157 e. The third kappa shape index (κ3) is 2.54. The number of hydrogen-bond donors (Lipinski definition) is 2. The number of fused-ring (bicyclic) bond motifs is 1. The van der Waals surface area contributed by atoms with E-state index in [4.69, 9.17) is 5.73 Å². The molecule has 4 nitrogen and oxygen atoms in total. The van der Waals surface area contributed by atoms with Crippen molar-refractivity contribution in [3.63, 3.8) is 0 Å². The maximum atomic E-state index is 5.94.